The molecule has 0 saturated heterocycles. The van der Waals surface area contributed by atoms with Gasteiger partial charge in [-0.25, -0.2) is 0 Å². The van der Waals surface area contributed by atoms with Gasteiger partial charge in [0.05, 0.1) is 6.10 Å². The third-order valence-electron chi connectivity index (χ3n) is 8.33. The van der Waals surface area contributed by atoms with Gasteiger partial charge in [-0.05, 0) is 79.1 Å². The maximum Gasteiger partial charge on any atom is 0.151 e. The topological polar surface area (TPSA) is 66.5 Å². The number of aromatic nitrogens is 1. The van der Waals surface area contributed by atoms with Gasteiger partial charge in [0.15, 0.2) is 5.69 Å². The van der Waals surface area contributed by atoms with E-state index in [1.165, 1.54) is 12.0 Å². The predicted molar refractivity (Wildman–Crippen MR) is 90.1 cm³/mol. The van der Waals surface area contributed by atoms with Gasteiger partial charge in [0.25, 0.3) is 0 Å². The van der Waals surface area contributed by atoms with Crippen molar-refractivity contribution in [3.05, 3.63) is 23.1 Å². The second-order valence-corrected chi connectivity index (χ2v) is 9.16. The molecule has 3 saturated carbocycles. The number of hydrogen-bond donors (Lipinski definition) is 2. The van der Waals surface area contributed by atoms with Crippen molar-refractivity contribution in [2.75, 3.05) is 0 Å². The fourth-order valence-corrected chi connectivity index (χ4v) is 7.02. The third kappa shape index (κ3) is 1.66. The summed E-state index contributed by atoms with van der Waals surface area (Å²) in [6, 6.07) is 0. The molecule has 1 heterocycles. The van der Waals surface area contributed by atoms with E-state index in [2.05, 4.69) is 19.0 Å². The monoisotopic (exact) mass is 329 g/mol. The number of aliphatic hydroxyl groups is 2. The molecular formula is C20H27NO3. The molecule has 0 radical (unpaired) electrons. The zero-order valence-corrected chi connectivity index (χ0v) is 14.6. The molecule has 5 rings (SSSR count). The van der Waals surface area contributed by atoms with Crippen molar-refractivity contribution in [3.8, 4) is 0 Å². The summed E-state index contributed by atoms with van der Waals surface area (Å²) < 4.78 is 5.15. The lowest BCUT2D eigenvalue weighted by Crippen LogP contribution is -2.51. The highest BCUT2D eigenvalue weighted by Gasteiger charge is 2.59. The number of hydrogen-bond acceptors (Lipinski definition) is 4. The predicted octanol–water partition coefficient (Wildman–Crippen LogP) is 4.10. The first-order chi connectivity index (χ1) is 11.4. The molecule has 2 N–H and O–H groups in total. The van der Waals surface area contributed by atoms with Crippen LogP contribution in [-0.2, 0) is 6.42 Å². The Kier molecular flexibility index (Phi) is 2.91. The molecule has 1 aromatic heterocycles. The fourth-order valence-electron chi connectivity index (χ4n) is 7.02. The van der Waals surface area contributed by atoms with Crippen LogP contribution in [0.5, 0.6) is 0 Å². The molecule has 0 aromatic carbocycles. The Morgan fingerprint density at radius 3 is 2.83 bits per heavy atom. The molecule has 130 valence electrons. The van der Waals surface area contributed by atoms with Crippen LogP contribution in [0.15, 0.2) is 16.4 Å². The molecular weight excluding hydrogens is 302 g/mol. The number of allylic oxidation sites excluding steroid dienone is 1. The van der Waals surface area contributed by atoms with Crippen LogP contribution in [0.4, 0.5) is 0 Å². The van der Waals surface area contributed by atoms with Gasteiger partial charge in [-0.15, -0.1) is 0 Å². The van der Waals surface area contributed by atoms with Crippen LogP contribution in [0.25, 0.3) is 5.76 Å². The molecule has 4 aliphatic carbocycles. The van der Waals surface area contributed by atoms with Crippen molar-refractivity contribution in [2.24, 2.45) is 28.6 Å². The molecule has 24 heavy (non-hydrogen) atoms. The van der Waals surface area contributed by atoms with Crippen LogP contribution in [-0.4, -0.2) is 21.5 Å². The van der Waals surface area contributed by atoms with Crippen molar-refractivity contribution in [3.63, 3.8) is 0 Å². The summed E-state index contributed by atoms with van der Waals surface area (Å²) >= 11 is 0. The molecule has 0 spiro atoms. The Hall–Kier alpha value is -1.29. The van der Waals surface area contributed by atoms with E-state index in [0.717, 1.165) is 44.1 Å². The van der Waals surface area contributed by atoms with E-state index >= 15 is 0 Å². The number of fused-ring (bicyclic) bond motifs is 6. The zero-order chi connectivity index (χ0) is 16.7. The molecule has 3 fully saturated rings. The van der Waals surface area contributed by atoms with Crippen molar-refractivity contribution >= 4 is 5.76 Å². The van der Waals surface area contributed by atoms with E-state index in [0.29, 0.717) is 29.2 Å². The standard InChI is InChI=1S/C20H27NO3/c1-19-8-7-14-12(13(19)5-6-16(19)22)3-4-15-18(23)17-11(10-24-21-17)9-20(14,15)2/h10,12-14,16,22-23H,3-9H2,1-2H3/t12-,13?,14?,16-,19-,20+/m0/s1. The molecule has 6 atom stereocenters. The molecule has 2 unspecified atom stereocenters. The normalized spacial score (nSPS) is 47.0. The van der Waals surface area contributed by atoms with Gasteiger partial charge in [0.2, 0.25) is 0 Å². The Morgan fingerprint density at radius 1 is 1.17 bits per heavy atom. The maximum atomic E-state index is 10.8. The maximum absolute atomic E-state index is 10.8. The SMILES string of the molecule is C[C@]12Cc3conc3C(O)=C1CC[C@@H]1C2CC[C@@]2(C)C1CC[C@@H]2O. The minimum atomic E-state index is -0.127. The molecule has 0 bridgehead atoms. The Balaban J connectivity index is 1.57. The average Bonchev–Trinajstić information content (AvgIpc) is 3.12. The van der Waals surface area contributed by atoms with Crippen LogP contribution in [0.3, 0.4) is 0 Å². The van der Waals surface area contributed by atoms with Gasteiger partial charge in [0.1, 0.15) is 12.0 Å². The second-order valence-electron chi connectivity index (χ2n) is 9.16. The minimum Gasteiger partial charge on any atom is -0.506 e. The molecule has 4 aliphatic rings. The van der Waals surface area contributed by atoms with Crippen LogP contribution in [0, 0.1) is 28.6 Å². The molecule has 0 aliphatic heterocycles. The zero-order valence-electron chi connectivity index (χ0n) is 14.6. The highest BCUT2D eigenvalue weighted by molar-refractivity contribution is 5.66. The van der Waals surface area contributed by atoms with E-state index in [4.69, 9.17) is 4.52 Å². The summed E-state index contributed by atoms with van der Waals surface area (Å²) in [5.41, 5.74) is 3.04. The quantitative estimate of drug-likeness (QED) is 0.752. The summed E-state index contributed by atoms with van der Waals surface area (Å²) in [5, 5.41) is 25.4. The molecule has 4 heteroatoms. The van der Waals surface area contributed by atoms with Crippen LogP contribution in [0.2, 0.25) is 0 Å². The van der Waals surface area contributed by atoms with Crippen LogP contribution >= 0.6 is 0 Å². The summed E-state index contributed by atoms with van der Waals surface area (Å²) in [4.78, 5) is 0. The lowest BCUT2D eigenvalue weighted by atomic mass is 9.47. The lowest BCUT2D eigenvalue weighted by Gasteiger charge is -2.57. The molecule has 4 nitrogen and oxygen atoms in total. The summed E-state index contributed by atoms with van der Waals surface area (Å²) in [7, 11) is 0. The highest BCUT2D eigenvalue weighted by atomic mass is 16.5. The smallest absolute Gasteiger partial charge is 0.151 e. The average molecular weight is 329 g/mol. The van der Waals surface area contributed by atoms with Crippen LogP contribution in [0.1, 0.15) is 63.6 Å². The van der Waals surface area contributed by atoms with E-state index in [-0.39, 0.29) is 16.9 Å². The Labute approximate surface area is 142 Å². The molecule has 1 aromatic rings. The van der Waals surface area contributed by atoms with Gasteiger partial charge in [-0.3, -0.25) is 0 Å². The largest absolute Gasteiger partial charge is 0.506 e. The Bertz CT molecular complexity index is 722. The van der Waals surface area contributed by atoms with Gasteiger partial charge < -0.3 is 14.7 Å². The minimum absolute atomic E-state index is 0.0143. The first-order valence-corrected chi connectivity index (χ1v) is 9.49. The second kappa shape index (κ2) is 4.66. The van der Waals surface area contributed by atoms with Gasteiger partial charge in [-0.2, -0.15) is 0 Å². The number of rotatable bonds is 0. The van der Waals surface area contributed by atoms with E-state index < -0.39 is 0 Å². The van der Waals surface area contributed by atoms with Crippen LogP contribution < -0.4 is 0 Å². The van der Waals surface area contributed by atoms with Gasteiger partial charge in [0, 0.05) is 5.56 Å². The summed E-state index contributed by atoms with van der Waals surface area (Å²) in [5.74, 6) is 2.28. The van der Waals surface area contributed by atoms with E-state index in [1.54, 1.807) is 6.26 Å². The van der Waals surface area contributed by atoms with Gasteiger partial charge in [-0.1, -0.05) is 19.0 Å². The third-order valence-corrected chi connectivity index (χ3v) is 8.33. The van der Waals surface area contributed by atoms with Crippen molar-refractivity contribution < 1.29 is 14.7 Å². The van der Waals surface area contributed by atoms with E-state index in [9.17, 15) is 10.2 Å². The van der Waals surface area contributed by atoms with Gasteiger partial charge >= 0.3 is 0 Å². The summed E-state index contributed by atoms with van der Waals surface area (Å²) in [6.07, 6.45) is 9.00. The number of aliphatic hydroxyl groups excluding tert-OH is 2. The fraction of sp³-hybridized carbons (Fsp3) is 0.750. The lowest BCUT2D eigenvalue weighted by molar-refractivity contribution is -0.0710. The first kappa shape index (κ1) is 15.0. The number of nitrogens with zero attached hydrogens (tertiary/aromatic N) is 1. The van der Waals surface area contributed by atoms with Crippen molar-refractivity contribution in [2.45, 2.75) is 64.9 Å². The summed E-state index contributed by atoms with van der Waals surface area (Å²) in [6.45, 7) is 4.66. The van der Waals surface area contributed by atoms with Crippen molar-refractivity contribution in [1.82, 2.24) is 5.16 Å². The van der Waals surface area contributed by atoms with E-state index in [1.807, 2.05) is 0 Å². The molecule has 0 amide bonds. The highest BCUT2D eigenvalue weighted by Crippen LogP contribution is 2.65. The first-order valence-electron chi connectivity index (χ1n) is 9.49. The van der Waals surface area contributed by atoms with Crippen molar-refractivity contribution in [1.29, 1.82) is 0 Å². The Morgan fingerprint density at radius 2 is 2.00 bits per heavy atom.